The van der Waals surface area contributed by atoms with Gasteiger partial charge in [-0.05, 0) is 64.2 Å². The van der Waals surface area contributed by atoms with Gasteiger partial charge in [0.25, 0.3) is 0 Å². The Bertz CT molecular complexity index is 1250. The predicted octanol–water partition coefficient (Wildman–Crippen LogP) is 4.69. The molecule has 4 aromatic rings. The second-order valence-corrected chi connectivity index (χ2v) is 9.48. The first-order chi connectivity index (χ1) is 15.4. The van der Waals surface area contributed by atoms with E-state index in [1.54, 1.807) is 0 Å². The molecule has 0 amide bonds. The van der Waals surface area contributed by atoms with Crippen LogP contribution in [0.2, 0.25) is 5.02 Å². The summed E-state index contributed by atoms with van der Waals surface area (Å²) in [4.78, 5) is 13.0. The minimum absolute atomic E-state index is 0.189. The minimum atomic E-state index is 0.189. The summed E-state index contributed by atoms with van der Waals surface area (Å²) in [7, 11) is 2.15. The Morgan fingerprint density at radius 1 is 1.22 bits per heavy atom. The molecule has 0 unspecified atom stereocenters. The number of likely N-dealkylation sites (N-methyl/N-ethyl adjacent to an activating group) is 1. The molecule has 0 spiro atoms. The highest BCUT2D eigenvalue weighted by molar-refractivity contribution is 6.31. The highest BCUT2D eigenvalue weighted by atomic mass is 35.5. The number of ether oxygens (including phenoxy) is 1. The van der Waals surface area contributed by atoms with E-state index >= 15 is 0 Å². The molecule has 32 heavy (non-hydrogen) atoms. The van der Waals surface area contributed by atoms with Gasteiger partial charge in [0.05, 0.1) is 29.3 Å². The number of fused-ring (bicyclic) bond motifs is 2. The molecule has 0 bridgehead atoms. The Morgan fingerprint density at radius 3 is 2.88 bits per heavy atom. The number of imidazole rings is 1. The smallest absolute Gasteiger partial charge is 0.159 e. The SMILES string of the molecule is CC(C)N(C)C[C@H]1CN(c2ccc3nc(-c4n[nH]c5cc(Cl)ccc45)[nH]c3c2)[C@H](C)CO1. The van der Waals surface area contributed by atoms with Crippen LogP contribution in [0.3, 0.4) is 0 Å². The average Bonchev–Trinajstić information content (AvgIpc) is 3.37. The Labute approximate surface area is 192 Å². The summed E-state index contributed by atoms with van der Waals surface area (Å²) in [5.41, 5.74) is 4.79. The lowest BCUT2D eigenvalue weighted by atomic mass is 10.1. The molecule has 168 valence electrons. The molecule has 3 heterocycles. The van der Waals surface area contributed by atoms with Gasteiger partial charge >= 0.3 is 0 Å². The monoisotopic (exact) mass is 452 g/mol. The number of anilines is 1. The van der Waals surface area contributed by atoms with E-state index in [4.69, 9.17) is 21.3 Å². The highest BCUT2D eigenvalue weighted by Crippen LogP contribution is 2.30. The summed E-state index contributed by atoms with van der Waals surface area (Å²) in [5.74, 6) is 0.747. The fourth-order valence-corrected chi connectivity index (χ4v) is 4.45. The van der Waals surface area contributed by atoms with Crippen LogP contribution < -0.4 is 4.90 Å². The Hall–Kier alpha value is -2.61. The van der Waals surface area contributed by atoms with Crippen molar-refractivity contribution in [1.82, 2.24) is 25.1 Å². The van der Waals surface area contributed by atoms with Crippen LogP contribution in [0, 0.1) is 0 Å². The maximum atomic E-state index is 6.13. The van der Waals surface area contributed by atoms with Gasteiger partial charge in [0.2, 0.25) is 0 Å². The number of nitrogens with one attached hydrogen (secondary N) is 2. The van der Waals surface area contributed by atoms with Gasteiger partial charge in [0, 0.05) is 41.3 Å². The lowest BCUT2D eigenvalue weighted by Gasteiger charge is -2.41. The van der Waals surface area contributed by atoms with Crippen molar-refractivity contribution in [2.24, 2.45) is 0 Å². The molecule has 2 aromatic heterocycles. The number of aromatic amines is 2. The molecule has 2 N–H and O–H groups in total. The summed E-state index contributed by atoms with van der Waals surface area (Å²) in [5, 5.41) is 9.19. The summed E-state index contributed by atoms with van der Waals surface area (Å²) in [6, 6.07) is 12.9. The number of hydrogen-bond donors (Lipinski definition) is 2. The van der Waals surface area contributed by atoms with Gasteiger partial charge in [-0.25, -0.2) is 4.98 Å². The molecule has 1 aliphatic heterocycles. The zero-order valence-electron chi connectivity index (χ0n) is 18.9. The molecule has 0 saturated carbocycles. The van der Waals surface area contributed by atoms with Crippen molar-refractivity contribution in [2.75, 3.05) is 31.6 Å². The van der Waals surface area contributed by atoms with Gasteiger partial charge in [-0.2, -0.15) is 5.10 Å². The second kappa shape index (κ2) is 8.39. The Balaban J connectivity index is 1.43. The van der Waals surface area contributed by atoms with Gasteiger partial charge in [-0.3, -0.25) is 5.10 Å². The molecule has 1 aliphatic rings. The molecule has 7 nitrogen and oxygen atoms in total. The van der Waals surface area contributed by atoms with E-state index in [-0.39, 0.29) is 6.10 Å². The molecular formula is C24H29ClN6O. The van der Waals surface area contributed by atoms with Crippen molar-refractivity contribution in [1.29, 1.82) is 0 Å². The first-order valence-corrected chi connectivity index (χ1v) is 11.5. The first kappa shape index (κ1) is 21.2. The summed E-state index contributed by atoms with van der Waals surface area (Å²) in [6.07, 6.45) is 0.189. The molecule has 2 aromatic carbocycles. The Morgan fingerprint density at radius 2 is 2.06 bits per heavy atom. The number of aromatic nitrogens is 4. The van der Waals surface area contributed by atoms with Crippen LogP contribution in [0.4, 0.5) is 5.69 Å². The summed E-state index contributed by atoms with van der Waals surface area (Å²) in [6.45, 7) is 9.16. The van der Waals surface area contributed by atoms with Crippen LogP contribution in [-0.4, -0.2) is 70.0 Å². The molecule has 8 heteroatoms. The second-order valence-electron chi connectivity index (χ2n) is 9.04. The number of benzene rings is 2. The van der Waals surface area contributed by atoms with E-state index in [9.17, 15) is 0 Å². The highest BCUT2D eigenvalue weighted by Gasteiger charge is 2.28. The number of rotatable bonds is 5. The molecule has 0 radical (unpaired) electrons. The van der Waals surface area contributed by atoms with Crippen LogP contribution >= 0.6 is 11.6 Å². The van der Waals surface area contributed by atoms with E-state index in [1.807, 2.05) is 18.2 Å². The third kappa shape index (κ3) is 3.96. The number of hydrogen-bond acceptors (Lipinski definition) is 5. The first-order valence-electron chi connectivity index (χ1n) is 11.1. The quantitative estimate of drug-likeness (QED) is 0.459. The summed E-state index contributed by atoms with van der Waals surface area (Å²) < 4.78 is 6.13. The molecule has 1 saturated heterocycles. The number of nitrogens with zero attached hydrogens (tertiary/aromatic N) is 4. The fourth-order valence-electron chi connectivity index (χ4n) is 4.28. The van der Waals surface area contributed by atoms with Gasteiger partial charge in [0.1, 0.15) is 5.69 Å². The maximum absolute atomic E-state index is 6.13. The lowest BCUT2D eigenvalue weighted by molar-refractivity contribution is 0.000769. The molecule has 0 aliphatic carbocycles. The summed E-state index contributed by atoms with van der Waals surface area (Å²) >= 11 is 6.11. The normalized spacial score (nSPS) is 19.7. The standard InChI is InChI=1S/C24H29ClN6O/c1-14(2)30(4)11-18-12-31(15(3)13-32-18)17-6-8-20-22(10-17)27-24(26-20)23-19-7-5-16(25)9-21(19)28-29-23/h5-10,14-15,18H,11-13H2,1-4H3,(H,26,27)(H,28,29)/t15-,18+/m1/s1. The van der Waals surface area contributed by atoms with Crippen LogP contribution in [0.5, 0.6) is 0 Å². The maximum Gasteiger partial charge on any atom is 0.159 e. The Kier molecular flexibility index (Phi) is 5.57. The number of halogens is 1. The van der Waals surface area contributed by atoms with Crippen molar-refractivity contribution in [2.45, 2.75) is 39.0 Å². The predicted molar refractivity (Wildman–Crippen MR) is 131 cm³/mol. The topological polar surface area (TPSA) is 73.1 Å². The van der Waals surface area contributed by atoms with E-state index in [1.165, 1.54) is 5.69 Å². The van der Waals surface area contributed by atoms with Crippen molar-refractivity contribution < 1.29 is 4.74 Å². The van der Waals surface area contributed by atoms with Gasteiger partial charge in [0.15, 0.2) is 5.82 Å². The number of H-pyrrole nitrogens is 2. The van der Waals surface area contributed by atoms with E-state index in [0.717, 1.165) is 53.2 Å². The zero-order chi connectivity index (χ0) is 22.4. The van der Waals surface area contributed by atoms with Crippen LogP contribution in [0.1, 0.15) is 20.8 Å². The van der Waals surface area contributed by atoms with Gasteiger partial charge in [-0.1, -0.05) is 11.6 Å². The zero-order valence-corrected chi connectivity index (χ0v) is 19.6. The minimum Gasteiger partial charge on any atom is -0.373 e. The molecule has 2 atom stereocenters. The lowest BCUT2D eigenvalue weighted by Crippen LogP contribution is -2.52. The average molecular weight is 453 g/mol. The van der Waals surface area contributed by atoms with Crippen molar-refractivity contribution in [3.05, 3.63) is 41.4 Å². The van der Waals surface area contributed by atoms with Gasteiger partial charge < -0.3 is 19.5 Å². The van der Waals surface area contributed by atoms with Crippen molar-refractivity contribution in [3.63, 3.8) is 0 Å². The fraction of sp³-hybridized carbons (Fsp3) is 0.417. The van der Waals surface area contributed by atoms with Crippen LogP contribution in [0.15, 0.2) is 36.4 Å². The number of morpholine rings is 1. The molecular weight excluding hydrogens is 424 g/mol. The van der Waals surface area contributed by atoms with E-state index < -0.39 is 0 Å². The van der Waals surface area contributed by atoms with Crippen molar-refractivity contribution in [3.8, 4) is 11.5 Å². The largest absolute Gasteiger partial charge is 0.373 e. The van der Waals surface area contributed by atoms with Crippen molar-refractivity contribution >= 4 is 39.2 Å². The van der Waals surface area contributed by atoms with Crippen LogP contribution in [0.25, 0.3) is 33.5 Å². The van der Waals surface area contributed by atoms with E-state index in [0.29, 0.717) is 17.1 Å². The van der Waals surface area contributed by atoms with Gasteiger partial charge in [-0.15, -0.1) is 0 Å². The molecule has 5 rings (SSSR count). The van der Waals surface area contributed by atoms with E-state index in [2.05, 4.69) is 71.0 Å². The molecule has 1 fully saturated rings. The third-order valence-electron chi connectivity index (χ3n) is 6.42. The van der Waals surface area contributed by atoms with Crippen LogP contribution in [-0.2, 0) is 4.74 Å². The third-order valence-corrected chi connectivity index (χ3v) is 6.66.